The maximum absolute atomic E-state index is 12.8. The number of unbranched alkanes of at least 4 members (excludes halogenated alkanes) is 18. The van der Waals surface area contributed by atoms with Crippen molar-refractivity contribution in [3.63, 3.8) is 0 Å². The molecule has 0 amide bonds. The number of ether oxygens (including phenoxy) is 3. The van der Waals surface area contributed by atoms with Crippen LogP contribution in [-0.2, 0) is 23.8 Å². The first kappa shape index (κ1) is 60.6. The van der Waals surface area contributed by atoms with Gasteiger partial charge >= 0.3 is 11.9 Å². The molecule has 0 saturated carbocycles. The summed E-state index contributed by atoms with van der Waals surface area (Å²) in [4.78, 5) is 25.3. The van der Waals surface area contributed by atoms with Gasteiger partial charge in [-0.3, -0.25) is 9.59 Å². The van der Waals surface area contributed by atoms with Crippen molar-refractivity contribution in [2.45, 2.75) is 232 Å². The lowest BCUT2D eigenvalue weighted by atomic mass is 10.0. The Morgan fingerprint density at radius 2 is 0.719 bits per heavy atom. The quantitative estimate of drug-likeness (QED) is 0.0346. The highest BCUT2D eigenvalue weighted by atomic mass is 16.6. The van der Waals surface area contributed by atoms with Crippen molar-refractivity contribution >= 4 is 11.9 Å². The van der Waals surface area contributed by atoms with Gasteiger partial charge in [0, 0.05) is 19.4 Å². The van der Waals surface area contributed by atoms with Crippen LogP contribution in [0.1, 0.15) is 226 Å². The molecular formula is C59H98O5. The summed E-state index contributed by atoms with van der Waals surface area (Å²) in [7, 11) is 0. The minimum Gasteiger partial charge on any atom is -0.462 e. The number of esters is 2. The van der Waals surface area contributed by atoms with Crippen molar-refractivity contribution in [3.8, 4) is 0 Å². The van der Waals surface area contributed by atoms with E-state index in [0.29, 0.717) is 19.4 Å². The molecule has 0 aliphatic heterocycles. The molecule has 5 heteroatoms. The molecule has 364 valence electrons. The fourth-order valence-corrected chi connectivity index (χ4v) is 6.97. The first-order valence-corrected chi connectivity index (χ1v) is 26.4. The van der Waals surface area contributed by atoms with Crippen LogP contribution >= 0.6 is 0 Å². The van der Waals surface area contributed by atoms with Crippen LogP contribution in [0.25, 0.3) is 0 Å². The van der Waals surface area contributed by atoms with Crippen LogP contribution in [0.4, 0.5) is 0 Å². The topological polar surface area (TPSA) is 61.8 Å². The molecule has 0 fully saturated rings. The molecule has 1 atom stereocenters. The second kappa shape index (κ2) is 53.9. The molecule has 64 heavy (non-hydrogen) atoms. The van der Waals surface area contributed by atoms with Crippen molar-refractivity contribution in [1.82, 2.24) is 0 Å². The summed E-state index contributed by atoms with van der Waals surface area (Å²) >= 11 is 0. The lowest BCUT2D eigenvalue weighted by Crippen LogP contribution is -2.30. The van der Waals surface area contributed by atoms with Gasteiger partial charge < -0.3 is 14.2 Å². The molecule has 0 rings (SSSR count). The Bertz CT molecular complexity index is 1280. The lowest BCUT2D eigenvalue weighted by Gasteiger charge is -2.18. The van der Waals surface area contributed by atoms with E-state index in [1.165, 1.54) is 103 Å². The number of allylic oxidation sites excluding steroid dienone is 18. The summed E-state index contributed by atoms with van der Waals surface area (Å²) in [6.07, 6.45) is 74.1. The second-order valence-corrected chi connectivity index (χ2v) is 17.0. The second-order valence-electron chi connectivity index (χ2n) is 17.0. The normalized spacial score (nSPS) is 13.1. The minimum absolute atomic E-state index is 0.0232. The average Bonchev–Trinajstić information content (AvgIpc) is 3.30. The summed E-state index contributed by atoms with van der Waals surface area (Å²) in [6, 6.07) is 0. The summed E-state index contributed by atoms with van der Waals surface area (Å²) in [5.41, 5.74) is 0. The van der Waals surface area contributed by atoms with Gasteiger partial charge in [-0.15, -0.1) is 0 Å². The third-order valence-electron chi connectivity index (χ3n) is 10.8. The van der Waals surface area contributed by atoms with Crippen LogP contribution in [0.5, 0.6) is 0 Å². The molecule has 0 saturated heterocycles. The van der Waals surface area contributed by atoms with E-state index in [-0.39, 0.29) is 31.6 Å². The molecule has 0 spiro atoms. The van der Waals surface area contributed by atoms with E-state index < -0.39 is 6.10 Å². The molecular weight excluding hydrogens is 789 g/mol. The van der Waals surface area contributed by atoms with Crippen LogP contribution in [0, 0.1) is 0 Å². The van der Waals surface area contributed by atoms with Gasteiger partial charge in [0.25, 0.3) is 0 Å². The number of hydrogen-bond acceptors (Lipinski definition) is 5. The maximum atomic E-state index is 12.8. The van der Waals surface area contributed by atoms with Gasteiger partial charge in [0.05, 0.1) is 6.61 Å². The molecule has 0 radical (unpaired) electrons. The van der Waals surface area contributed by atoms with E-state index in [2.05, 4.69) is 124 Å². The van der Waals surface area contributed by atoms with Gasteiger partial charge in [-0.1, -0.05) is 239 Å². The van der Waals surface area contributed by atoms with Crippen LogP contribution in [0.3, 0.4) is 0 Å². The molecule has 0 N–H and O–H groups in total. The van der Waals surface area contributed by atoms with Crippen LogP contribution in [0.15, 0.2) is 109 Å². The van der Waals surface area contributed by atoms with Crippen molar-refractivity contribution in [2.24, 2.45) is 0 Å². The molecule has 0 aromatic carbocycles. The van der Waals surface area contributed by atoms with Crippen molar-refractivity contribution in [2.75, 3.05) is 19.8 Å². The fourth-order valence-electron chi connectivity index (χ4n) is 6.97. The zero-order valence-electron chi connectivity index (χ0n) is 41.8. The Labute approximate surface area is 395 Å². The Hall–Kier alpha value is -3.44. The minimum atomic E-state index is -0.601. The summed E-state index contributed by atoms with van der Waals surface area (Å²) in [5, 5.41) is 0. The first-order chi connectivity index (χ1) is 31.6. The van der Waals surface area contributed by atoms with Crippen LogP contribution in [-0.4, -0.2) is 37.9 Å². The predicted molar refractivity (Wildman–Crippen MR) is 279 cm³/mol. The SMILES string of the molecule is CC/C=C\C/C=C\C/C=C\C/C=C\C/C=C\CCCC(=O)OCC(COCCCCCCCCCCCCCCCCCCCC)OC(=O)CC/C=C\C/C=C\C/C=C\C/C=C\CC. The number of carbonyl (C=O) groups excluding carboxylic acids is 2. The highest BCUT2D eigenvalue weighted by molar-refractivity contribution is 5.70. The van der Waals surface area contributed by atoms with Gasteiger partial charge in [-0.05, 0) is 83.5 Å². The maximum Gasteiger partial charge on any atom is 0.306 e. The van der Waals surface area contributed by atoms with E-state index in [1.807, 2.05) is 6.08 Å². The van der Waals surface area contributed by atoms with E-state index in [9.17, 15) is 9.59 Å². The van der Waals surface area contributed by atoms with Crippen molar-refractivity contribution < 1.29 is 23.8 Å². The Balaban J connectivity index is 4.41. The van der Waals surface area contributed by atoms with E-state index in [1.54, 1.807) is 0 Å². The molecule has 0 bridgehead atoms. The van der Waals surface area contributed by atoms with Crippen molar-refractivity contribution in [3.05, 3.63) is 109 Å². The lowest BCUT2D eigenvalue weighted by molar-refractivity contribution is -0.162. The van der Waals surface area contributed by atoms with Gasteiger partial charge in [-0.2, -0.15) is 0 Å². The number of carbonyl (C=O) groups is 2. The third-order valence-corrected chi connectivity index (χ3v) is 10.8. The largest absolute Gasteiger partial charge is 0.462 e. The summed E-state index contributed by atoms with van der Waals surface area (Å²) in [6.45, 7) is 7.47. The standard InChI is InChI=1S/C59H98O5/c1-4-7-10-13-16-19-22-25-27-29-31-33-36-39-42-45-48-51-54-62-55-57(64-59(61)53-50-47-44-41-38-34-24-21-18-15-12-9-6-3)56-63-58(60)52-49-46-43-40-37-35-32-30-28-26-23-20-17-14-11-8-5-2/h8-9,11-12,17-18,20-21,26,28,32,34-35,38,40,43-44,47,57H,4-7,10,13-16,19,22-25,27,29-31,33,36-37,39,41-42,45-46,48-56H2,1-3H3/b11-8-,12-9-,20-17-,21-18-,28-26-,35-32-,38-34-,43-40-,47-44-. The molecule has 1 unspecified atom stereocenters. The van der Waals surface area contributed by atoms with Gasteiger partial charge in [0.15, 0.2) is 6.10 Å². The molecule has 0 aliphatic carbocycles. The number of hydrogen-bond donors (Lipinski definition) is 0. The predicted octanol–water partition coefficient (Wildman–Crippen LogP) is 18.0. The Morgan fingerprint density at radius 3 is 1.12 bits per heavy atom. The number of rotatable bonds is 47. The van der Waals surface area contributed by atoms with Gasteiger partial charge in [0.2, 0.25) is 0 Å². The molecule has 0 heterocycles. The first-order valence-electron chi connectivity index (χ1n) is 26.4. The van der Waals surface area contributed by atoms with Crippen LogP contribution < -0.4 is 0 Å². The van der Waals surface area contributed by atoms with E-state index in [4.69, 9.17) is 14.2 Å². The zero-order chi connectivity index (χ0) is 46.3. The monoisotopic (exact) mass is 887 g/mol. The average molecular weight is 887 g/mol. The molecule has 5 nitrogen and oxygen atoms in total. The fraction of sp³-hybridized carbons (Fsp3) is 0.661. The molecule has 0 aromatic heterocycles. The Morgan fingerprint density at radius 1 is 0.359 bits per heavy atom. The highest BCUT2D eigenvalue weighted by Crippen LogP contribution is 2.15. The summed E-state index contributed by atoms with van der Waals surface area (Å²) < 4.78 is 17.3. The van der Waals surface area contributed by atoms with Gasteiger partial charge in [-0.25, -0.2) is 0 Å². The Kier molecular flexibility index (Phi) is 51.0. The summed E-state index contributed by atoms with van der Waals surface area (Å²) in [5.74, 6) is -0.560. The van der Waals surface area contributed by atoms with E-state index >= 15 is 0 Å². The molecule has 0 aliphatic rings. The zero-order valence-corrected chi connectivity index (χ0v) is 41.8. The van der Waals surface area contributed by atoms with Crippen molar-refractivity contribution in [1.29, 1.82) is 0 Å². The third kappa shape index (κ3) is 51.2. The smallest absolute Gasteiger partial charge is 0.306 e. The highest BCUT2D eigenvalue weighted by Gasteiger charge is 2.17. The van der Waals surface area contributed by atoms with Crippen LogP contribution in [0.2, 0.25) is 0 Å². The van der Waals surface area contributed by atoms with Gasteiger partial charge in [0.1, 0.15) is 6.61 Å². The van der Waals surface area contributed by atoms with E-state index in [0.717, 1.165) is 83.5 Å². The molecule has 0 aromatic rings.